The van der Waals surface area contributed by atoms with Crippen LogP contribution in [0.3, 0.4) is 0 Å². The van der Waals surface area contributed by atoms with Crippen LogP contribution in [0.1, 0.15) is 11.1 Å². The van der Waals surface area contributed by atoms with E-state index < -0.39 is 10.0 Å². The summed E-state index contributed by atoms with van der Waals surface area (Å²) in [4.78, 5) is 0. The Morgan fingerprint density at radius 1 is 1.26 bits per heavy atom. The highest BCUT2D eigenvalue weighted by atomic mass is 32.2. The van der Waals surface area contributed by atoms with Crippen molar-refractivity contribution in [1.29, 1.82) is 0 Å². The zero-order chi connectivity index (χ0) is 14.2. The average Bonchev–Trinajstić information content (AvgIpc) is 2.70. The first kappa shape index (κ1) is 13.4. The van der Waals surface area contributed by atoms with E-state index in [0.717, 1.165) is 11.1 Å². The van der Waals surface area contributed by atoms with Crippen LogP contribution in [0.25, 0.3) is 0 Å². The van der Waals surface area contributed by atoms with E-state index in [2.05, 4.69) is 9.82 Å². The Balaban J connectivity index is 2.45. The van der Waals surface area contributed by atoms with Crippen LogP contribution in [0.4, 0.5) is 11.4 Å². The number of sulfonamides is 1. The lowest BCUT2D eigenvalue weighted by molar-refractivity contribution is 0.582. The van der Waals surface area contributed by atoms with Gasteiger partial charge in [0.2, 0.25) is 0 Å². The van der Waals surface area contributed by atoms with Gasteiger partial charge in [0.1, 0.15) is 0 Å². The molecule has 7 heteroatoms. The lowest BCUT2D eigenvalue weighted by Crippen LogP contribution is -2.18. The number of aryl methyl sites for hydroxylation is 3. The molecule has 0 radical (unpaired) electrons. The van der Waals surface area contributed by atoms with Gasteiger partial charge in [-0.15, -0.1) is 0 Å². The number of anilines is 2. The van der Waals surface area contributed by atoms with Crippen LogP contribution in [-0.4, -0.2) is 18.2 Å². The smallest absolute Gasteiger partial charge is 0.279 e. The fourth-order valence-electron chi connectivity index (χ4n) is 1.97. The molecular formula is C12H16N4O2S. The van der Waals surface area contributed by atoms with Crippen LogP contribution in [0.5, 0.6) is 0 Å². The summed E-state index contributed by atoms with van der Waals surface area (Å²) in [6.45, 7) is 3.62. The molecule has 1 aromatic heterocycles. The summed E-state index contributed by atoms with van der Waals surface area (Å²) in [5, 5.41) is 3.98. The molecule has 0 amide bonds. The van der Waals surface area contributed by atoms with Crippen molar-refractivity contribution in [1.82, 2.24) is 9.78 Å². The van der Waals surface area contributed by atoms with Crippen LogP contribution in [0.2, 0.25) is 0 Å². The van der Waals surface area contributed by atoms with Crippen molar-refractivity contribution in [2.24, 2.45) is 7.05 Å². The molecule has 1 aromatic carbocycles. The molecule has 0 saturated carbocycles. The van der Waals surface area contributed by atoms with Gasteiger partial charge in [0.15, 0.2) is 5.03 Å². The molecule has 19 heavy (non-hydrogen) atoms. The van der Waals surface area contributed by atoms with E-state index in [1.807, 2.05) is 13.8 Å². The topological polar surface area (TPSA) is 90.0 Å². The number of hydrogen-bond donors (Lipinski definition) is 2. The van der Waals surface area contributed by atoms with E-state index in [-0.39, 0.29) is 5.03 Å². The molecule has 1 heterocycles. The first-order valence-electron chi connectivity index (χ1n) is 5.69. The first-order valence-corrected chi connectivity index (χ1v) is 7.17. The largest absolute Gasteiger partial charge is 0.399 e. The molecule has 102 valence electrons. The third kappa shape index (κ3) is 2.55. The summed E-state index contributed by atoms with van der Waals surface area (Å²) in [6, 6.07) is 4.91. The summed E-state index contributed by atoms with van der Waals surface area (Å²) in [5.74, 6) is 0. The van der Waals surface area contributed by atoms with Crippen LogP contribution in [-0.2, 0) is 17.1 Å². The second-order valence-corrected chi connectivity index (χ2v) is 6.06. The minimum atomic E-state index is -3.65. The summed E-state index contributed by atoms with van der Waals surface area (Å²) >= 11 is 0. The average molecular weight is 280 g/mol. The van der Waals surface area contributed by atoms with Gasteiger partial charge in [0, 0.05) is 12.7 Å². The number of rotatable bonds is 3. The fraction of sp³-hybridized carbons (Fsp3) is 0.250. The quantitative estimate of drug-likeness (QED) is 0.832. The molecule has 0 bridgehead atoms. The van der Waals surface area contributed by atoms with E-state index in [1.165, 1.54) is 16.9 Å². The van der Waals surface area contributed by atoms with Gasteiger partial charge in [-0.1, -0.05) is 0 Å². The van der Waals surface area contributed by atoms with Crippen molar-refractivity contribution in [2.75, 3.05) is 10.5 Å². The van der Waals surface area contributed by atoms with Gasteiger partial charge in [-0.3, -0.25) is 9.40 Å². The van der Waals surface area contributed by atoms with Crippen LogP contribution in [0.15, 0.2) is 29.4 Å². The normalized spacial score (nSPS) is 11.5. The summed E-state index contributed by atoms with van der Waals surface area (Å²) in [7, 11) is -2.07. The molecule has 0 aliphatic carbocycles. The van der Waals surface area contributed by atoms with E-state index in [0.29, 0.717) is 11.4 Å². The lowest BCUT2D eigenvalue weighted by atomic mass is 10.1. The predicted molar refractivity (Wildman–Crippen MR) is 74.3 cm³/mol. The molecule has 2 rings (SSSR count). The van der Waals surface area contributed by atoms with Gasteiger partial charge in [-0.05, 0) is 43.2 Å². The Morgan fingerprint density at radius 3 is 2.32 bits per heavy atom. The molecule has 0 aliphatic heterocycles. The van der Waals surface area contributed by atoms with E-state index in [4.69, 9.17) is 5.73 Å². The highest BCUT2D eigenvalue weighted by Gasteiger charge is 2.19. The van der Waals surface area contributed by atoms with Crippen molar-refractivity contribution in [3.05, 3.63) is 35.5 Å². The zero-order valence-corrected chi connectivity index (χ0v) is 11.8. The third-order valence-corrected chi connectivity index (χ3v) is 4.27. The minimum absolute atomic E-state index is 0.114. The summed E-state index contributed by atoms with van der Waals surface area (Å²) in [5.41, 5.74) is 8.44. The summed E-state index contributed by atoms with van der Waals surface area (Å²) < 4.78 is 28.4. The number of nitrogens with zero attached hydrogens (tertiary/aromatic N) is 2. The van der Waals surface area contributed by atoms with Crippen LogP contribution < -0.4 is 10.5 Å². The van der Waals surface area contributed by atoms with Crippen LogP contribution in [0, 0.1) is 13.8 Å². The van der Waals surface area contributed by atoms with E-state index in [9.17, 15) is 8.42 Å². The van der Waals surface area contributed by atoms with E-state index in [1.54, 1.807) is 19.2 Å². The van der Waals surface area contributed by atoms with E-state index >= 15 is 0 Å². The maximum atomic E-state index is 12.3. The molecule has 0 spiro atoms. The highest BCUT2D eigenvalue weighted by molar-refractivity contribution is 7.92. The molecule has 0 fully saturated rings. The van der Waals surface area contributed by atoms with Gasteiger partial charge in [0.05, 0.1) is 11.9 Å². The molecule has 3 N–H and O–H groups in total. The second kappa shape index (κ2) is 4.58. The van der Waals surface area contributed by atoms with Crippen molar-refractivity contribution in [2.45, 2.75) is 18.9 Å². The van der Waals surface area contributed by atoms with Gasteiger partial charge in [-0.25, -0.2) is 0 Å². The number of hydrogen-bond acceptors (Lipinski definition) is 4. The second-order valence-electron chi connectivity index (χ2n) is 4.43. The van der Waals surface area contributed by atoms with Gasteiger partial charge < -0.3 is 5.73 Å². The number of nitrogens with two attached hydrogens (primary N) is 1. The maximum absolute atomic E-state index is 12.3. The Hall–Kier alpha value is -2.02. The number of aromatic nitrogens is 2. The van der Waals surface area contributed by atoms with Gasteiger partial charge >= 0.3 is 0 Å². The first-order chi connectivity index (χ1) is 8.81. The van der Waals surface area contributed by atoms with Gasteiger partial charge in [-0.2, -0.15) is 13.5 Å². The molecule has 0 atom stereocenters. The van der Waals surface area contributed by atoms with Crippen molar-refractivity contribution in [3.63, 3.8) is 0 Å². The molecule has 0 aliphatic rings. The molecule has 0 saturated heterocycles. The summed E-state index contributed by atoms with van der Waals surface area (Å²) in [6.07, 6.45) is 1.44. The molecule has 0 unspecified atom stereocenters. The third-order valence-electron chi connectivity index (χ3n) is 2.84. The van der Waals surface area contributed by atoms with Crippen molar-refractivity contribution < 1.29 is 8.42 Å². The minimum Gasteiger partial charge on any atom is -0.399 e. The monoisotopic (exact) mass is 280 g/mol. The number of nitrogen functional groups attached to an aromatic ring is 1. The van der Waals surface area contributed by atoms with Crippen molar-refractivity contribution >= 4 is 21.4 Å². The molecular weight excluding hydrogens is 264 g/mol. The molecule has 6 nitrogen and oxygen atoms in total. The Morgan fingerprint density at radius 2 is 1.84 bits per heavy atom. The van der Waals surface area contributed by atoms with Gasteiger partial charge in [0.25, 0.3) is 10.0 Å². The number of nitrogens with one attached hydrogen (secondary N) is 1. The fourth-order valence-corrected chi connectivity index (χ4v) is 3.30. The Bertz CT molecular complexity index is 696. The van der Waals surface area contributed by atoms with Crippen molar-refractivity contribution in [3.8, 4) is 0 Å². The Labute approximate surface area is 112 Å². The zero-order valence-electron chi connectivity index (χ0n) is 11.0. The standard InChI is InChI=1S/C12H16N4O2S/c1-8-6-10(13)7-9(2)12(8)15-19(17,18)11-4-5-14-16(11)3/h4-7,15H,13H2,1-3H3. The number of benzene rings is 1. The highest BCUT2D eigenvalue weighted by Crippen LogP contribution is 2.25. The SMILES string of the molecule is Cc1cc(N)cc(C)c1NS(=O)(=O)c1ccnn1C. The molecule has 2 aromatic rings. The van der Waals surface area contributed by atoms with Crippen LogP contribution >= 0.6 is 0 Å². The Kier molecular flexibility index (Phi) is 3.23. The lowest BCUT2D eigenvalue weighted by Gasteiger charge is -2.14. The predicted octanol–water partition coefficient (Wildman–Crippen LogP) is 1.42. The maximum Gasteiger partial charge on any atom is 0.279 e.